The van der Waals surface area contributed by atoms with E-state index in [0.717, 1.165) is 30.6 Å². The predicted octanol–water partition coefficient (Wildman–Crippen LogP) is 4.73. The highest BCUT2D eigenvalue weighted by Gasteiger charge is 2.35. The third-order valence-electron chi connectivity index (χ3n) is 6.13. The number of nitrogens with one attached hydrogen (secondary N) is 1. The molecule has 1 aliphatic rings. The molecular weight excluding hydrogens is 452 g/mol. The molecular formula is C26H30N2O5S. The summed E-state index contributed by atoms with van der Waals surface area (Å²) in [7, 11) is 3.13. The van der Waals surface area contributed by atoms with Crippen molar-refractivity contribution in [2.45, 2.75) is 50.7 Å². The van der Waals surface area contributed by atoms with E-state index in [4.69, 9.17) is 13.9 Å². The molecule has 0 saturated heterocycles. The SMILES string of the molecule is COc1ccc([C@H](C(=O)NC2CCCC2)N(Cc2ccco2)C(=O)Cc2cccs2)c(OC)c1. The number of benzene rings is 1. The predicted molar refractivity (Wildman–Crippen MR) is 130 cm³/mol. The number of ether oxygens (including phenoxy) is 2. The fourth-order valence-electron chi connectivity index (χ4n) is 4.40. The van der Waals surface area contributed by atoms with Crippen LogP contribution in [-0.2, 0) is 22.6 Å². The number of methoxy groups -OCH3 is 2. The van der Waals surface area contributed by atoms with Gasteiger partial charge >= 0.3 is 0 Å². The summed E-state index contributed by atoms with van der Waals surface area (Å²) in [4.78, 5) is 30.0. The van der Waals surface area contributed by atoms with Gasteiger partial charge in [-0.3, -0.25) is 9.59 Å². The summed E-state index contributed by atoms with van der Waals surface area (Å²) in [6.07, 6.45) is 5.84. The maximum absolute atomic E-state index is 13.8. The molecule has 1 aliphatic carbocycles. The minimum Gasteiger partial charge on any atom is -0.497 e. The van der Waals surface area contributed by atoms with Gasteiger partial charge in [-0.15, -0.1) is 11.3 Å². The summed E-state index contributed by atoms with van der Waals surface area (Å²) in [5, 5.41) is 5.12. The molecule has 2 amide bonds. The molecule has 180 valence electrons. The Labute approximate surface area is 203 Å². The van der Waals surface area contributed by atoms with Gasteiger partial charge in [-0.25, -0.2) is 0 Å². The van der Waals surface area contributed by atoms with Gasteiger partial charge in [0.05, 0.1) is 33.4 Å². The van der Waals surface area contributed by atoms with E-state index >= 15 is 0 Å². The van der Waals surface area contributed by atoms with Gasteiger partial charge in [-0.1, -0.05) is 18.9 Å². The van der Waals surface area contributed by atoms with E-state index in [1.54, 1.807) is 49.6 Å². The van der Waals surface area contributed by atoms with E-state index in [2.05, 4.69) is 5.32 Å². The summed E-state index contributed by atoms with van der Waals surface area (Å²) in [5.41, 5.74) is 0.602. The fraction of sp³-hybridized carbons (Fsp3) is 0.385. The average molecular weight is 483 g/mol. The molecule has 1 atom stereocenters. The lowest BCUT2D eigenvalue weighted by atomic mass is 10.0. The standard InChI is InChI=1S/C26H30N2O5S/c1-31-19-11-12-22(23(15-19)32-2)25(26(30)27-18-7-3-4-8-18)28(17-20-9-5-13-33-20)24(29)16-21-10-6-14-34-21/h5-6,9-15,18,25H,3-4,7-8,16-17H2,1-2H3,(H,27,30)/t25-/m1/s1. The minimum atomic E-state index is -0.890. The number of nitrogens with zero attached hydrogens (tertiary/aromatic N) is 1. The first-order chi connectivity index (χ1) is 16.6. The second-order valence-corrected chi connectivity index (χ2v) is 9.39. The molecule has 1 aromatic carbocycles. The van der Waals surface area contributed by atoms with Crippen molar-refractivity contribution in [2.75, 3.05) is 14.2 Å². The number of carbonyl (C=O) groups is 2. The largest absolute Gasteiger partial charge is 0.497 e. The molecule has 34 heavy (non-hydrogen) atoms. The molecule has 0 spiro atoms. The molecule has 1 N–H and O–H groups in total. The molecule has 1 saturated carbocycles. The Hall–Kier alpha value is -3.26. The van der Waals surface area contributed by atoms with Crippen LogP contribution in [0.3, 0.4) is 0 Å². The van der Waals surface area contributed by atoms with Crippen LogP contribution in [0.15, 0.2) is 58.5 Å². The number of rotatable bonds is 10. The monoisotopic (exact) mass is 482 g/mol. The summed E-state index contributed by atoms with van der Waals surface area (Å²) in [6, 6.07) is 12.0. The molecule has 3 aromatic rings. The van der Waals surface area contributed by atoms with Crippen molar-refractivity contribution in [3.8, 4) is 11.5 Å². The lowest BCUT2D eigenvalue weighted by Gasteiger charge is -2.32. The number of carbonyl (C=O) groups excluding carboxylic acids is 2. The smallest absolute Gasteiger partial charge is 0.247 e. The number of hydrogen-bond acceptors (Lipinski definition) is 6. The van der Waals surface area contributed by atoms with Gasteiger partial charge in [0.25, 0.3) is 0 Å². The first kappa shape index (κ1) is 23.9. The summed E-state index contributed by atoms with van der Waals surface area (Å²) in [6.45, 7) is 0.162. The lowest BCUT2D eigenvalue weighted by molar-refractivity contribution is -0.141. The molecule has 0 unspecified atom stereocenters. The second-order valence-electron chi connectivity index (χ2n) is 8.36. The van der Waals surface area contributed by atoms with Crippen LogP contribution in [-0.4, -0.2) is 37.0 Å². The van der Waals surface area contributed by atoms with E-state index in [-0.39, 0.29) is 30.8 Å². The molecule has 4 rings (SSSR count). The molecule has 2 heterocycles. The Balaban J connectivity index is 1.74. The van der Waals surface area contributed by atoms with Crippen LogP contribution in [0.2, 0.25) is 0 Å². The van der Waals surface area contributed by atoms with E-state index in [0.29, 0.717) is 22.8 Å². The van der Waals surface area contributed by atoms with Crippen molar-refractivity contribution in [1.82, 2.24) is 10.2 Å². The van der Waals surface area contributed by atoms with Gasteiger partial charge in [0.1, 0.15) is 23.3 Å². The maximum atomic E-state index is 13.8. The average Bonchev–Trinajstić information content (AvgIpc) is 3.63. The summed E-state index contributed by atoms with van der Waals surface area (Å²) in [5.74, 6) is 1.31. The Bertz CT molecular complexity index is 1070. The highest BCUT2D eigenvalue weighted by molar-refractivity contribution is 7.10. The maximum Gasteiger partial charge on any atom is 0.247 e. The van der Waals surface area contributed by atoms with Crippen molar-refractivity contribution in [1.29, 1.82) is 0 Å². The normalized spacial score (nSPS) is 14.5. The van der Waals surface area contributed by atoms with Gasteiger partial charge in [0, 0.05) is 22.5 Å². The summed E-state index contributed by atoms with van der Waals surface area (Å²) < 4.78 is 16.6. The molecule has 1 fully saturated rings. The number of furan rings is 1. The second kappa shape index (κ2) is 11.2. The Kier molecular flexibility index (Phi) is 7.90. The van der Waals surface area contributed by atoms with E-state index < -0.39 is 6.04 Å². The molecule has 0 bridgehead atoms. The van der Waals surface area contributed by atoms with Crippen LogP contribution in [0.25, 0.3) is 0 Å². The summed E-state index contributed by atoms with van der Waals surface area (Å²) >= 11 is 1.52. The van der Waals surface area contributed by atoms with E-state index in [9.17, 15) is 9.59 Å². The van der Waals surface area contributed by atoms with Crippen molar-refractivity contribution in [3.63, 3.8) is 0 Å². The Morgan fingerprint density at radius 1 is 1.15 bits per heavy atom. The van der Waals surface area contributed by atoms with Crippen LogP contribution >= 0.6 is 11.3 Å². The number of thiophene rings is 1. The number of amides is 2. The van der Waals surface area contributed by atoms with Gasteiger partial charge in [0.2, 0.25) is 11.8 Å². The van der Waals surface area contributed by atoms with Gasteiger partial charge in [0.15, 0.2) is 0 Å². The van der Waals surface area contributed by atoms with Crippen molar-refractivity contribution >= 4 is 23.2 Å². The van der Waals surface area contributed by atoms with Crippen LogP contribution in [0.1, 0.15) is 47.9 Å². The molecule has 7 nitrogen and oxygen atoms in total. The van der Waals surface area contributed by atoms with Crippen LogP contribution in [0.5, 0.6) is 11.5 Å². The van der Waals surface area contributed by atoms with E-state index in [1.807, 2.05) is 23.6 Å². The van der Waals surface area contributed by atoms with Gasteiger partial charge < -0.3 is 24.1 Å². The molecule has 0 aliphatic heterocycles. The first-order valence-electron chi connectivity index (χ1n) is 11.5. The van der Waals surface area contributed by atoms with Gasteiger partial charge in [-0.05, 0) is 48.6 Å². The van der Waals surface area contributed by atoms with E-state index in [1.165, 1.54) is 11.3 Å². The highest BCUT2D eigenvalue weighted by atomic mass is 32.1. The third-order valence-corrected chi connectivity index (χ3v) is 7.01. The minimum absolute atomic E-state index is 0.108. The van der Waals surface area contributed by atoms with Crippen molar-refractivity contribution in [3.05, 3.63) is 70.3 Å². The van der Waals surface area contributed by atoms with Crippen LogP contribution in [0.4, 0.5) is 0 Å². The molecule has 0 radical (unpaired) electrons. The Morgan fingerprint density at radius 2 is 1.97 bits per heavy atom. The molecule has 8 heteroatoms. The van der Waals surface area contributed by atoms with Crippen LogP contribution < -0.4 is 14.8 Å². The fourth-order valence-corrected chi connectivity index (χ4v) is 5.10. The zero-order valence-electron chi connectivity index (χ0n) is 19.5. The van der Waals surface area contributed by atoms with Crippen LogP contribution in [0, 0.1) is 0 Å². The Morgan fingerprint density at radius 3 is 2.62 bits per heavy atom. The zero-order valence-corrected chi connectivity index (χ0v) is 20.3. The molecule has 2 aromatic heterocycles. The zero-order chi connectivity index (χ0) is 23.9. The van der Waals surface area contributed by atoms with Gasteiger partial charge in [-0.2, -0.15) is 0 Å². The lowest BCUT2D eigenvalue weighted by Crippen LogP contribution is -2.46. The van der Waals surface area contributed by atoms with Crippen molar-refractivity contribution < 1.29 is 23.5 Å². The number of hydrogen-bond donors (Lipinski definition) is 1. The third kappa shape index (κ3) is 5.62. The van der Waals surface area contributed by atoms with Crippen molar-refractivity contribution in [2.24, 2.45) is 0 Å². The first-order valence-corrected chi connectivity index (χ1v) is 12.3. The quantitative estimate of drug-likeness (QED) is 0.452. The highest BCUT2D eigenvalue weighted by Crippen LogP contribution is 2.35. The topological polar surface area (TPSA) is 81.0 Å².